The normalized spacial score (nSPS) is 20.1. The highest BCUT2D eigenvalue weighted by Crippen LogP contribution is 2.37. The van der Waals surface area contributed by atoms with Crippen molar-refractivity contribution in [3.63, 3.8) is 0 Å². The van der Waals surface area contributed by atoms with Crippen molar-refractivity contribution in [1.82, 2.24) is 10.4 Å². The van der Waals surface area contributed by atoms with Gasteiger partial charge in [-0.1, -0.05) is 29.8 Å². The number of amides is 2. The highest BCUT2D eigenvalue weighted by Gasteiger charge is 2.48. The molecule has 2 aromatic carbocycles. The summed E-state index contributed by atoms with van der Waals surface area (Å²) in [6.07, 6.45) is 0. The Hall–Kier alpha value is -2.53. The van der Waals surface area contributed by atoms with E-state index in [0.717, 1.165) is 11.1 Å². The number of hydrazine groups is 1. The van der Waals surface area contributed by atoms with E-state index in [9.17, 15) is 9.59 Å². The maximum absolute atomic E-state index is 12.3. The van der Waals surface area contributed by atoms with Crippen LogP contribution in [0, 0.1) is 6.92 Å². The summed E-state index contributed by atoms with van der Waals surface area (Å²) in [5.74, 6) is -0.694. The molecule has 0 radical (unpaired) electrons. The zero-order valence-electron chi connectivity index (χ0n) is 12.5. The molecule has 1 aliphatic rings. The van der Waals surface area contributed by atoms with Gasteiger partial charge in [-0.3, -0.25) is 15.0 Å². The smallest absolute Gasteiger partial charge is 0.269 e. The number of aryl methyl sites for hydroxylation is 1. The average Bonchev–Trinajstić information content (AvgIpc) is 2.56. The summed E-state index contributed by atoms with van der Waals surface area (Å²) in [7, 11) is 0. The Labute approximate surface area is 139 Å². The summed E-state index contributed by atoms with van der Waals surface area (Å²) in [4.78, 5) is 24.2. The summed E-state index contributed by atoms with van der Waals surface area (Å²) in [5.41, 5.74) is 11.2. The van der Waals surface area contributed by atoms with Crippen LogP contribution in [0.1, 0.15) is 27.5 Å². The average molecular weight is 330 g/mol. The van der Waals surface area contributed by atoms with Crippen molar-refractivity contribution in [3.8, 4) is 0 Å². The number of alkyl halides is 1. The largest absolute Gasteiger partial charge is 0.399 e. The number of benzene rings is 2. The lowest BCUT2D eigenvalue weighted by Crippen LogP contribution is -2.63. The zero-order chi connectivity index (χ0) is 16.6. The minimum absolute atomic E-state index is 0.318. The van der Waals surface area contributed by atoms with Gasteiger partial charge in [-0.25, -0.2) is 5.01 Å². The van der Waals surface area contributed by atoms with Gasteiger partial charge in [-0.15, -0.1) is 11.6 Å². The van der Waals surface area contributed by atoms with Crippen molar-refractivity contribution in [2.45, 2.75) is 18.3 Å². The van der Waals surface area contributed by atoms with Gasteiger partial charge in [0.15, 0.2) is 0 Å². The van der Waals surface area contributed by atoms with Gasteiger partial charge >= 0.3 is 0 Å². The van der Waals surface area contributed by atoms with Crippen LogP contribution in [0.25, 0.3) is 0 Å². The number of hydrogen-bond donors (Lipinski definition) is 2. The first kappa shape index (κ1) is 15.4. The lowest BCUT2D eigenvalue weighted by molar-refractivity contribution is -0.149. The molecular formula is C17H16ClN3O2. The fourth-order valence-electron chi connectivity index (χ4n) is 2.47. The molecular weight excluding hydrogens is 314 g/mol. The molecule has 0 aliphatic carbocycles. The first-order valence-electron chi connectivity index (χ1n) is 7.17. The van der Waals surface area contributed by atoms with Crippen molar-refractivity contribution >= 4 is 29.1 Å². The van der Waals surface area contributed by atoms with E-state index in [1.54, 1.807) is 24.3 Å². The quantitative estimate of drug-likeness (QED) is 0.516. The predicted octanol–water partition coefficient (Wildman–Crippen LogP) is 2.41. The van der Waals surface area contributed by atoms with Gasteiger partial charge in [0.05, 0.1) is 0 Å². The molecule has 2 amide bonds. The van der Waals surface area contributed by atoms with Crippen LogP contribution in [0.3, 0.4) is 0 Å². The number of rotatable bonds is 3. The third-order valence-electron chi connectivity index (χ3n) is 3.84. The van der Waals surface area contributed by atoms with E-state index in [1.807, 2.05) is 31.2 Å². The van der Waals surface area contributed by atoms with Crippen LogP contribution >= 0.6 is 11.6 Å². The molecule has 1 fully saturated rings. The number of nitrogens with one attached hydrogen (secondary N) is 1. The molecule has 5 nitrogen and oxygen atoms in total. The Morgan fingerprint density at radius 3 is 2.35 bits per heavy atom. The maximum Gasteiger partial charge on any atom is 0.269 e. The van der Waals surface area contributed by atoms with E-state index in [0.29, 0.717) is 11.3 Å². The molecule has 6 heteroatoms. The van der Waals surface area contributed by atoms with E-state index in [-0.39, 0.29) is 17.9 Å². The van der Waals surface area contributed by atoms with Crippen LogP contribution in [0.4, 0.5) is 5.69 Å². The van der Waals surface area contributed by atoms with Gasteiger partial charge in [0.2, 0.25) is 0 Å². The molecule has 0 saturated carbocycles. The lowest BCUT2D eigenvalue weighted by atomic mass is 9.94. The fourth-order valence-corrected chi connectivity index (χ4v) is 2.83. The molecule has 3 N–H and O–H groups in total. The number of anilines is 1. The molecule has 0 bridgehead atoms. The van der Waals surface area contributed by atoms with Gasteiger partial charge in [-0.2, -0.15) is 0 Å². The number of nitrogens with zero attached hydrogens (tertiary/aromatic N) is 1. The number of halogens is 1. The van der Waals surface area contributed by atoms with Crippen LogP contribution in [0.2, 0.25) is 0 Å². The van der Waals surface area contributed by atoms with Crippen molar-refractivity contribution < 1.29 is 9.59 Å². The molecule has 23 heavy (non-hydrogen) atoms. The number of carbonyl (C=O) groups excluding carboxylic acids is 2. The summed E-state index contributed by atoms with van der Waals surface area (Å²) in [6.45, 7) is 1.98. The predicted molar refractivity (Wildman–Crippen MR) is 88.7 cm³/mol. The summed E-state index contributed by atoms with van der Waals surface area (Å²) < 4.78 is 0. The molecule has 2 aromatic rings. The maximum atomic E-state index is 12.3. The van der Waals surface area contributed by atoms with Crippen LogP contribution in [0.15, 0.2) is 48.5 Å². The Morgan fingerprint density at radius 2 is 1.74 bits per heavy atom. The van der Waals surface area contributed by atoms with Crippen molar-refractivity contribution in [1.29, 1.82) is 0 Å². The second-order valence-electron chi connectivity index (χ2n) is 5.53. The van der Waals surface area contributed by atoms with Crippen molar-refractivity contribution in [3.05, 3.63) is 65.2 Å². The summed E-state index contributed by atoms with van der Waals surface area (Å²) in [6, 6.07) is 13.8. The molecule has 1 saturated heterocycles. The molecule has 3 rings (SSSR count). The number of hydrogen-bond acceptors (Lipinski definition) is 3. The Balaban J connectivity index is 1.77. The van der Waals surface area contributed by atoms with E-state index in [4.69, 9.17) is 17.3 Å². The molecule has 1 heterocycles. The Bertz CT molecular complexity index is 743. The topological polar surface area (TPSA) is 75.4 Å². The number of carbonyl (C=O) groups is 2. The SMILES string of the molecule is Cc1ccc([C@@H]2[C@H](Cl)C(=O)N2NC(=O)c2ccc(N)cc2)cc1. The number of nitrogen functional groups attached to an aromatic ring is 1. The Kier molecular flexibility index (Phi) is 3.96. The second kappa shape index (κ2) is 5.93. The van der Waals surface area contributed by atoms with Crippen LogP contribution < -0.4 is 11.2 Å². The highest BCUT2D eigenvalue weighted by molar-refractivity contribution is 6.33. The van der Waals surface area contributed by atoms with E-state index in [1.165, 1.54) is 5.01 Å². The van der Waals surface area contributed by atoms with Crippen molar-refractivity contribution in [2.24, 2.45) is 0 Å². The van der Waals surface area contributed by atoms with E-state index in [2.05, 4.69) is 5.43 Å². The van der Waals surface area contributed by atoms with Gasteiger partial charge in [0.1, 0.15) is 11.4 Å². The third-order valence-corrected chi connectivity index (χ3v) is 4.27. The number of nitrogens with two attached hydrogens (primary N) is 1. The molecule has 0 unspecified atom stereocenters. The first-order chi connectivity index (χ1) is 11.0. The minimum atomic E-state index is -0.676. The van der Waals surface area contributed by atoms with Crippen LogP contribution in [-0.2, 0) is 4.79 Å². The summed E-state index contributed by atoms with van der Waals surface area (Å²) in [5, 5.41) is 0.602. The van der Waals surface area contributed by atoms with Crippen LogP contribution in [-0.4, -0.2) is 22.2 Å². The van der Waals surface area contributed by atoms with Gasteiger partial charge in [0.25, 0.3) is 11.8 Å². The van der Waals surface area contributed by atoms with Gasteiger partial charge in [-0.05, 0) is 36.8 Å². The van der Waals surface area contributed by atoms with Gasteiger partial charge < -0.3 is 5.73 Å². The fraction of sp³-hybridized carbons (Fsp3) is 0.176. The van der Waals surface area contributed by atoms with E-state index >= 15 is 0 Å². The van der Waals surface area contributed by atoms with E-state index < -0.39 is 5.38 Å². The van der Waals surface area contributed by atoms with Crippen LogP contribution in [0.5, 0.6) is 0 Å². The zero-order valence-corrected chi connectivity index (χ0v) is 13.2. The first-order valence-corrected chi connectivity index (χ1v) is 7.61. The monoisotopic (exact) mass is 329 g/mol. The Morgan fingerprint density at radius 1 is 1.13 bits per heavy atom. The summed E-state index contributed by atoms with van der Waals surface area (Å²) >= 11 is 6.13. The highest BCUT2D eigenvalue weighted by atomic mass is 35.5. The van der Waals surface area contributed by atoms with Crippen molar-refractivity contribution in [2.75, 3.05) is 5.73 Å². The molecule has 2 atom stereocenters. The lowest BCUT2D eigenvalue weighted by Gasteiger charge is -2.44. The molecule has 118 valence electrons. The minimum Gasteiger partial charge on any atom is -0.399 e. The second-order valence-corrected chi connectivity index (χ2v) is 6.00. The third kappa shape index (κ3) is 2.87. The molecule has 0 spiro atoms. The standard InChI is InChI=1S/C17H16ClN3O2/c1-10-2-4-11(5-3-10)15-14(18)17(23)21(15)20-16(22)12-6-8-13(19)9-7-12/h2-9,14-15H,19H2,1H3,(H,20,22)/t14-,15+/m0/s1. The number of β-lactam (4-membered cyclic amide) rings is 1. The molecule has 1 aliphatic heterocycles. The van der Waals surface area contributed by atoms with Gasteiger partial charge in [0, 0.05) is 11.3 Å². The molecule has 0 aromatic heterocycles.